The van der Waals surface area contributed by atoms with E-state index in [4.69, 9.17) is 14.6 Å². The zero-order valence-electron chi connectivity index (χ0n) is 19.6. The fourth-order valence-electron chi connectivity index (χ4n) is 3.40. The predicted octanol–water partition coefficient (Wildman–Crippen LogP) is 5.90. The number of aromatic nitrogens is 2. The molecule has 1 heterocycles. The quantitative estimate of drug-likeness (QED) is 0.209. The van der Waals surface area contributed by atoms with E-state index in [0.29, 0.717) is 23.7 Å². The molecule has 0 spiro atoms. The van der Waals surface area contributed by atoms with Crippen molar-refractivity contribution in [3.8, 4) is 22.7 Å². The van der Waals surface area contributed by atoms with E-state index in [0.717, 1.165) is 21.3 Å². The lowest BCUT2D eigenvalue weighted by Gasteiger charge is -2.07. The third-order valence-electron chi connectivity index (χ3n) is 5.07. The van der Waals surface area contributed by atoms with Crippen LogP contribution in [0.3, 0.4) is 0 Å². The van der Waals surface area contributed by atoms with Gasteiger partial charge in [-0.1, -0.05) is 46.3 Å². The number of anilines is 1. The van der Waals surface area contributed by atoms with Crippen molar-refractivity contribution < 1.29 is 19.1 Å². The summed E-state index contributed by atoms with van der Waals surface area (Å²) in [6.07, 6.45) is 4.77. The normalized spacial score (nSPS) is 10.8. The number of hydrogen-bond donors (Lipinski definition) is 1. The largest absolute Gasteiger partial charge is 0.494 e. The molecule has 7 nitrogen and oxygen atoms in total. The van der Waals surface area contributed by atoms with Crippen LogP contribution in [0.4, 0.5) is 5.69 Å². The van der Waals surface area contributed by atoms with Gasteiger partial charge in [0, 0.05) is 33.6 Å². The zero-order valence-corrected chi connectivity index (χ0v) is 21.1. The van der Waals surface area contributed by atoms with Crippen LogP contribution in [0.25, 0.3) is 23.0 Å². The van der Waals surface area contributed by atoms with Crippen molar-refractivity contribution in [2.24, 2.45) is 0 Å². The number of nitrogens with zero attached hydrogens (tertiary/aromatic N) is 2. The maximum Gasteiger partial charge on any atom is 0.331 e. The number of nitrogens with one attached hydrogen (secondary N) is 1. The van der Waals surface area contributed by atoms with Gasteiger partial charge in [-0.2, -0.15) is 5.10 Å². The molecule has 0 fully saturated rings. The number of ether oxygens (including phenoxy) is 2. The van der Waals surface area contributed by atoms with Gasteiger partial charge in [0.15, 0.2) is 6.61 Å². The number of hydrogen-bond acceptors (Lipinski definition) is 5. The summed E-state index contributed by atoms with van der Waals surface area (Å²) in [5, 5.41) is 7.41. The van der Waals surface area contributed by atoms with E-state index in [9.17, 15) is 9.59 Å². The number of benzene rings is 3. The molecule has 1 amide bonds. The van der Waals surface area contributed by atoms with E-state index in [1.165, 1.54) is 6.08 Å². The minimum absolute atomic E-state index is 0.404. The lowest BCUT2D eigenvalue weighted by molar-refractivity contribution is -0.142. The van der Waals surface area contributed by atoms with E-state index in [2.05, 4.69) is 21.2 Å². The molecule has 1 aromatic heterocycles. The number of para-hydroxylation sites is 1. The summed E-state index contributed by atoms with van der Waals surface area (Å²) in [7, 11) is 0. The molecule has 0 radical (unpaired) electrons. The van der Waals surface area contributed by atoms with Crippen molar-refractivity contribution in [2.45, 2.75) is 6.92 Å². The van der Waals surface area contributed by atoms with Crippen LogP contribution in [-0.4, -0.2) is 34.9 Å². The summed E-state index contributed by atoms with van der Waals surface area (Å²) in [4.78, 5) is 24.5. The first kappa shape index (κ1) is 24.9. The van der Waals surface area contributed by atoms with Gasteiger partial charge in [0.2, 0.25) is 0 Å². The highest BCUT2D eigenvalue weighted by molar-refractivity contribution is 9.10. The molecule has 4 aromatic rings. The summed E-state index contributed by atoms with van der Waals surface area (Å²) in [5.74, 6) is -0.357. The Bertz CT molecular complexity index is 1350. The van der Waals surface area contributed by atoms with Crippen LogP contribution in [0, 0.1) is 0 Å². The number of esters is 1. The van der Waals surface area contributed by atoms with Crippen molar-refractivity contribution in [2.75, 3.05) is 18.5 Å². The van der Waals surface area contributed by atoms with Crippen LogP contribution in [0.5, 0.6) is 5.75 Å². The van der Waals surface area contributed by atoms with E-state index in [1.54, 1.807) is 35.0 Å². The Balaban J connectivity index is 1.42. The molecule has 0 saturated heterocycles. The van der Waals surface area contributed by atoms with Crippen LogP contribution in [0.1, 0.15) is 12.5 Å². The second kappa shape index (κ2) is 12.0. The van der Waals surface area contributed by atoms with Gasteiger partial charge in [-0.15, -0.1) is 0 Å². The Kier molecular flexibility index (Phi) is 8.31. The highest BCUT2D eigenvalue weighted by atomic mass is 79.9. The van der Waals surface area contributed by atoms with Gasteiger partial charge in [0.05, 0.1) is 18.0 Å². The van der Waals surface area contributed by atoms with E-state index in [-0.39, 0.29) is 0 Å². The first-order chi connectivity index (χ1) is 17.5. The predicted molar refractivity (Wildman–Crippen MR) is 143 cm³/mol. The molecule has 0 aliphatic heterocycles. The standard InChI is InChI=1S/C28H24BrN3O4/c1-2-35-25-15-13-23(14-16-25)30-26(33)19-36-27(34)17-10-21-18-32(24-6-4-3-5-7-24)31-28(21)20-8-11-22(29)12-9-20/h3-18H,2,19H2,1H3,(H,30,33). The SMILES string of the molecule is CCOc1ccc(NC(=O)COC(=O)C=Cc2cn(-c3ccccc3)nc2-c2ccc(Br)cc2)cc1. The monoisotopic (exact) mass is 545 g/mol. The molecule has 1 N–H and O–H groups in total. The maximum absolute atomic E-state index is 12.3. The molecule has 36 heavy (non-hydrogen) atoms. The summed E-state index contributed by atoms with van der Waals surface area (Å²) in [6.45, 7) is 2.06. The number of amides is 1. The summed E-state index contributed by atoms with van der Waals surface area (Å²) in [5.41, 5.74) is 3.82. The van der Waals surface area contributed by atoms with Crippen LogP contribution in [0.15, 0.2) is 95.6 Å². The Morgan fingerprint density at radius 2 is 1.72 bits per heavy atom. The van der Waals surface area contributed by atoms with Gasteiger partial charge in [-0.3, -0.25) is 4.79 Å². The number of carbonyl (C=O) groups is 2. The second-order valence-electron chi connectivity index (χ2n) is 7.67. The van der Waals surface area contributed by atoms with E-state index in [1.807, 2.05) is 67.7 Å². The van der Waals surface area contributed by atoms with E-state index < -0.39 is 18.5 Å². The van der Waals surface area contributed by atoms with Gasteiger partial charge in [0.1, 0.15) is 5.75 Å². The number of carbonyl (C=O) groups excluding carboxylic acids is 2. The van der Waals surface area contributed by atoms with Crippen LogP contribution in [0.2, 0.25) is 0 Å². The van der Waals surface area contributed by atoms with Crippen LogP contribution >= 0.6 is 15.9 Å². The van der Waals surface area contributed by atoms with Gasteiger partial charge >= 0.3 is 5.97 Å². The van der Waals surface area contributed by atoms with Crippen LogP contribution in [-0.2, 0) is 14.3 Å². The molecule has 0 saturated carbocycles. The average molecular weight is 546 g/mol. The van der Waals surface area contributed by atoms with Gasteiger partial charge in [0.25, 0.3) is 5.91 Å². The Morgan fingerprint density at radius 1 is 1.00 bits per heavy atom. The lowest BCUT2D eigenvalue weighted by atomic mass is 10.1. The van der Waals surface area contributed by atoms with Crippen molar-refractivity contribution in [3.05, 3.63) is 101 Å². The Labute approximate surface area is 217 Å². The minimum atomic E-state index is -0.633. The minimum Gasteiger partial charge on any atom is -0.494 e. The second-order valence-corrected chi connectivity index (χ2v) is 8.58. The van der Waals surface area contributed by atoms with Gasteiger partial charge in [-0.05, 0) is 61.5 Å². The van der Waals surface area contributed by atoms with Gasteiger partial charge in [-0.25, -0.2) is 9.48 Å². The molecular weight excluding hydrogens is 522 g/mol. The first-order valence-corrected chi connectivity index (χ1v) is 12.1. The van der Waals surface area contributed by atoms with Crippen molar-refractivity contribution in [1.29, 1.82) is 0 Å². The highest BCUT2D eigenvalue weighted by Gasteiger charge is 2.12. The number of rotatable bonds is 9. The topological polar surface area (TPSA) is 82.5 Å². The third-order valence-corrected chi connectivity index (χ3v) is 5.60. The number of halogens is 1. The van der Waals surface area contributed by atoms with Crippen molar-refractivity contribution in [1.82, 2.24) is 9.78 Å². The maximum atomic E-state index is 12.3. The fourth-order valence-corrected chi connectivity index (χ4v) is 3.66. The summed E-state index contributed by atoms with van der Waals surface area (Å²) in [6, 6.07) is 24.4. The molecule has 0 bridgehead atoms. The van der Waals surface area contributed by atoms with Crippen molar-refractivity contribution in [3.63, 3.8) is 0 Å². The van der Waals surface area contributed by atoms with Crippen molar-refractivity contribution >= 4 is 39.6 Å². The molecule has 3 aromatic carbocycles. The Morgan fingerprint density at radius 3 is 2.42 bits per heavy atom. The molecule has 182 valence electrons. The zero-order chi connectivity index (χ0) is 25.3. The molecule has 4 rings (SSSR count). The highest BCUT2D eigenvalue weighted by Crippen LogP contribution is 2.26. The molecule has 8 heteroatoms. The van der Waals surface area contributed by atoms with Crippen LogP contribution < -0.4 is 10.1 Å². The summed E-state index contributed by atoms with van der Waals surface area (Å²) >= 11 is 3.45. The molecule has 0 atom stereocenters. The molecular formula is C28H24BrN3O4. The smallest absolute Gasteiger partial charge is 0.331 e. The first-order valence-electron chi connectivity index (χ1n) is 11.3. The van der Waals surface area contributed by atoms with Gasteiger partial charge < -0.3 is 14.8 Å². The molecule has 0 aliphatic rings. The molecule has 0 aliphatic carbocycles. The Hall–Kier alpha value is -4.17. The van der Waals surface area contributed by atoms with E-state index >= 15 is 0 Å². The lowest BCUT2D eigenvalue weighted by Crippen LogP contribution is -2.20. The summed E-state index contributed by atoms with van der Waals surface area (Å²) < 4.78 is 13.2. The fraction of sp³-hybridized carbons (Fsp3) is 0.107. The molecule has 0 unspecified atom stereocenters. The third kappa shape index (κ3) is 6.70. The average Bonchev–Trinajstić information content (AvgIpc) is 3.33.